The summed E-state index contributed by atoms with van der Waals surface area (Å²) in [5, 5.41) is 32.6. The zero-order valence-electron chi connectivity index (χ0n) is 19.5. The molecule has 2 aliphatic heterocycles. The predicted octanol–water partition coefficient (Wildman–Crippen LogP) is 1.21. The molecule has 208 valence electrons. The molecule has 0 aromatic carbocycles. The molecule has 0 radical (unpaired) electrons. The number of carboxylic acid groups (broad SMARTS) is 1. The number of fused-ring (bicyclic) bond motifs is 1. The monoisotopic (exact) mass is 604 g/mol. The van der Waals surface area contributed by atoms with Gasteiger partial charge in [-0.05, 0) is 39.7 Å². The fourth-order valence-corrected chi connectivity index (χ4v) is 6.87. The van der Waals surface area contributed by atoms with Crippen molar-refractivity contribution in [1.29, 1.82) is 0 Å². The van der Waals surface area contributed by atoms with Crippen molar-refractivity contribution in [1.82, 2.24) is 25.9 Å². The highest BCUT2D eigenvalue weighted by molar-refractivity contribution is 8.01. The molecule has 1 saturated heterocycles. The third-order valence-corrected chi connectivity index (χ3v) is 8.80. The number of amides is 4. The number of hydrogen-bond acceptors (Lipinski definition) is 9. The van der Waals surface area contributed by atoms with Gasteiger partial charge in [0, 0.05) is 27.5 Å². The summed E-state index contributed by atoms with van der Waals surface area (Å²) < 4.78 is 37.4. The molecule has 2 unspecified atom stereocenters. The predicted molar refractivity (Wildman–Crippen MR) is 133 cm³/mol. The van der Waals surface area contributed by atoms with Gasteiger partial charge >= 0.3 is 18.2 Å². The van der Waals surface area contributed by atoms with Crippen LogP contribution < -0.4 is 20.8 Å². The van der Waals surface area contributed by atoms with E-state index in [0.717, 1.165) is 28.0 Å². The molecule has 1 fully saturated rings. The molecule has 2 aromatic heterocycles. The van der Waals surface area contributed by atoms with E-state index in [1.165, 1.54) is 30.1 Å². The summed E-state index contributed by atoms with van der Waals surface area (Å²) in [6, 6.07) is 2.38. The first kappa shape index (κ1) is 28.5. The van der Waals surface area contributed by atoms with E-state index in [-0.39, 0.29) is 22.2 Å². The molecular weight excluding hydrogens is 585 g/mol. The molecule has 4 N–H and O–H groups in total. The summed E-state index contributed by atoms with van der Waals surface area (Å²) in [7, 11) is 0. The number of thioether (sulfide) groups is 2. The van der Waals surface area contributed by atoms with Crippen LogP contribution in [0.25, 0.3) is 0 Å². The first-order valence-corrected chi connectivity index (χ1v) is 13.9. The summed E-state index contributed by atoms with van der Waals surface area (Å²) in [6.07, 6.45) is -3.35. The normalized spacial score (nSPS) is 19.6. The first-order chi connectivity index (χ1) is 18.5. The molecule has 0 saturated carbocycles. The van der Waals surface area contributed by atoms with Crippen molar-refractivity contribution in [2.75, 3.05) is 18.1 Å². The van der Waals surface area contributed by atoms with E-state index in [4.69, 9.17) is 0 Å². The standard InChI is InChI=1S/C21H19F3N6O6S3/c22-21(23,24)9-25-20(35)28-13(11-3-2-6-37-11)16(31)27-14-17(32)29-15(19(33)34)10(8-39-18(14)29)7-38-12-4-1-5-26-30(12)36/h1-6,13-14,18H,7-9H2,(H,27,31)(H,33,34)(H2,25,28,35)/t13?,14-,18?/m0/s1. The van der Waals surface area contributed by atoms with Gasteiger partial charge in [0.2, 0.25) is 5.91 Å². The number of alkyl halides is 3. The Morgan fingerprint density at radius 2 is 2.08 bits per heavy atom. The molecule has 4 heterocycles. The number of thiophene rings is 1. The second kappa shape index (κ2) is 11.7. The van der Waals surface area contributed by atoms with E-state index in [0.29, 0.717) is 15.3 Å². The van der Waals surface area contributed by atoms with Crippen LogP contribution in [0.3, 0.4) is 0 Å². The Balaban J connectivity index is 1.45. The molecule has 2 aromatic rings. The minimum absolute atomic E-state index is 0.105. The Morgan fingerprint density at radius 1 is 1.31 bits per heavy atom. The lowest BCUT2D eigenvalue weighted by molar-refractivity contribution is -0.706. The maximum atomic E-state index is 13.1. The largest absolute Gasteiger partial charge is 0.593 e. The minimum Gasteiger partial charge on any atom is -0.593 e. The van der Waals surface area contributed by atoms with Gasteiger partial charge in [-0.15, -0.1) is 23.1 Å². The van der Waals surface area contributed by atoms with Gasteiger partial charge in [0.15, 0.2) is 0 Å². The average molecular weight is 605 g/mol. The van der Waals surface area contributed by atoms with Gasteiger partial charge in [-0.2, -0.15) is 13.2 Å². The van der Waals surface area contributed by atoms with Crippen molar-refractivity contribution >= 4 is 58.7 Å². The van der Waals surface area contributed by atoms with Crippen molar-refractivity contribution in [2.45, 2.75) is 28.7 Å². The highest BCUT2D eigenvalue weighted by Crippen LogP contribution is 2.41. The number of aliphatic carboxylic acids is 1. The fraction of sp³-hybridized carbons (Fsp3) is 0.333. The van der Waals surface area contributed by atoms with Gasteiger partial charge in [-0.1, -0.05) is 6.07 Å². The van der Waals surface area contributed by atoms with Crippen LogP contribution in [-0.4, -0.2) is 74.6 Å². The van der Waals surface area contributed by atoms with Crippen molar-refractivity contribution in [3.63, 3.8) is 0 Å². The highest BCUT2D eigenvalue weighted by Gasteiger charge is 2.54. The third-order valence-electron chi connectivity index (χ3n) is 5.44. The topological polar surface area (TPSA) is 168 Å². The van der Waals surface area contributed by atoms with E-state index in [2.05, 4.69) is 15.7 Å². The number of halogens is 3. The van der Waals surface area contributed by atoms with Crippen LogP contribution in [-0.2, 0) is 14.4 Å². The van der Waals surface area contributed by atoms with Crippen LogP contribution >= 0.6 is 34.9 Å². The molecule has 0 bridgehead atoms. The van der Waals surface area contributed by atoms with Crippen LogP contribution in [0.15, 0.2) is 52.1 Å². The number of nitrogens with zero attached hydrogens (tertiary/aromatic N) is 3. The zero-order valence-corrected chi connectivity index (χ0v) is 22.0. The van der Waals surface area contributed by atoms with E-state index in [1.54, 1.807) is 22.8 Å². The van der Waals surface area contributed by atoms with E-state index in [1.807, 2.05) is 0 Å². The maximum absolute atomic E-state index is 13.1. The van der Waals surface area contributed by atoms with Crippen molar-refractivity contribution < 1.29 is 42.3 Å². The quantitative estimate of drug-likeness (QED) is 0.142. The summed E-state index contributed by atoms with van der Waals surface area (Å²) in [5.41, 5.74) is 0.151. The van der Waals surface area contributed by atoms with Crippen molar-refractivity contribution in [2.24, 2.45) is 0 Å². The second-order valence-electron chi connectivity index (χ2n) is 8.07. The number of carboxylic acids is 1. The summed E-state index contributed by atoms with van der Waals surface area (Å²) in [4.78, 5) is 51.9. The van der Waals surface area contributed by atoms with Gasteiger partial charge in [0.25, 0.3) is 10.9 Å². The second-order valence-corrected chi connectivity index (χ2v) is 11.1. The van der Waals surface area contributed by atoms with Gasteiger partial charge in [-0.25, -0.2) is 9.59 Å². The zero-order chi connectivity index (χ0) is 28.3. The summed E-state index contributed by atoms with van der Waals surface area (Å²) in [6.45, 7) is -1.60. The van der Waals surface area contributed by atoms with E-state index < -0.39 is 54.0 Å². The van der Waals surface area contributed by atoms with Gasteiger partial charge < -0.3 is 26.3 Å². The number of aromatic nitrogens is 2. The molecule has 0 spiro atoms. The molecule has 18 heteroatoms. The average Bonchev–Trinajstić information content (AvgIpc) is 3.42. The van der Waals surface area contributed by atoms with Crippen molar-refractivity contribution in [3.8, 4) is 0 Å². The molecule has 3 atom stereocenters. The summed E-state index contributed by atoms with van der Waals surface area (Å²) >= 11 is 3.33. The van der Waals surface area contributed by atoms with E-state index >= 15 is 0 Å². The summed E-state index contributed by atoms with van der Waals surface area (Å²) in [5.74, 6) is -2.60. The lowest BCUT2D eigenvalue weighted by Crippen LogP contribution is -2.71. The van der Waals surface area contributed by atoms with Crippen LogP contribution in [0.4, 0.5) is 18.0 Å². The molecule has 39 heavy (non-hydrogen) atoms. The maximum Gasteiger partial charge on any atom is 0.405 e. The smallest absolute Gasteiger partial charge is 0.405 e. The first-order valence-electron chi connectivity index (χ1n) is 11.0. The lowest BCUT2D eigenvalue weighted by Gasteiger charge is -2.49. The van der Waals surface area contributed by atoms with Gasteiger partial charge in [0.1, 0.15) is 29.7 Å². The Bertz CT molecular complexity index is 1310. The third kappa shape index (κ3) is 6.56. The highest BCUT2D eigenvalue weighted by atomic mass is 32.2. The SMILES string of the molecule is O=C(NCC(F)(F)F)NC(C(=O)N[C@H]1C(=O)N2C(C(=O)O)=C(CSc3cccn[n+]3[O-])CSC12)c1cccs1. The van der Waals surface area contributed by atoms with Crippen molar-refractivity contribution in [3.05, 3.63) is 57.2 Å². The number of hydrogen-bond donors (Lipinski definition) is 4. The van der Waals surface area contributed by atoms with Crippen LogP contribution in [0.2, 0.25) is 0 Å². The number of β-lactam (4-membered cyclic amide) rings is 1. The lowest BCUT2D eigenvalue weighted by atomic mass is 10.0. The Labute approximate surface area is 230 Å². The molecule has 2 aliphatic rings. The minimum atomic E-state index is -4.65. The van der Waals surface area contributed by atoms with Crippen LogP contribution in [0, 0.1) is 5.21 Å². The molecule has 4 amide bonds. The Morgan fingerprint density at radius 3 is 2.72 bits per heavy atom. The number of nitrogens with one attached hydrogen (secondary N) is 3. The molecule has 0 aliphatic carbocycles. The van der Waals surface area contributed by atoms with E-state index in [9.17, 15) is 42.7 Å². The fourth-order valence-electron chi connectivity index (χ4n) is 3.72. The van der Waals surface area contributed by atoms with Crippen LogP contribution in [0.1, 0.15) is 10.9 Å². The molecule has 12 nitrogen and oxygen atoms in total. The Hall–Kier alpha value is -3.51. The molecular formula is C21H19F3N6O6S3. The molecule has 4 rings (SSSR count). The van der Waals surface area contributed by atoms with Gasteiger partial charge in [-0.3, -0.25) is 14.5 Å². The number of carbonyl (C=O) groups excluding carboxylic acids is 3. The number of rotatable bonds is 9. The number of urea groups is 1. The Kier molecular flexibility index (Phi) is 8.55. The van der Waals surface area contributed by atoms with Gasteiger partial charge in [0.05, 0.1) is 6.20 Å². The van der Waals surface area contributed by atoms with Crippen LogP contribution in [0.5, 0.6) is 0 Å². The number of carbonyl (C=O) groups is 4.